The number of rotatable bonds is 10. The van der Waals surface area contributed by atoms with E-state index >= 15 is 0 Å². The van der Waals surface area contributed by atoms with Crippen LogP contribution in [0.15, 0.2) is 54.6 Å². The van der Waals surface area contributed by atoms with E-state index in [2.05, 4.69) is 10.6 Å². The van der Waals surface area contributed by atoms with Gasteiger partial charge in [0, 0.05) is 17.9 Å². The van der Waals surface area contributed by atoms with Gasteiger partial charge in [0.05, 0.1) is 13.1 Å². The smallest absolute Gasteiger partial charge is 0.238 e. The predicted octanol–water partition coefficient (Wildman–Crippen LogP) is 2.12. The van der Waals surface area contributed by atoms with Crippen molar-refractivity contribution in [3.63, 3.8) is 0 Å². The summed E-state index contributed by atoms with van der Waals surface area (Å²) in [5, 5.41) is 6.08. The maximum atomic E-state index is 12.1. The number of amides is 2. The van der Waals surface area contributed by atoms with Gasteiger partial charge in [-0.15, -0.1) is 0 Å². The number of hydrogen-bond donors (Lipinski definition) is 3. The lowest BCUT2D eigenvalue weighted by Gasteiger charge is -2.24. The molecule has 4 N–H and O–H groups in total. The van der Waals surface area contributed by atoms with Crippen molar-refractivity contribution >= 4 is 23.2 Å². The lowest BCUT2D eigenvalue weighted by molar-refractivity contribution is -0.117. The Balaban J connectivity index is 1.64. The zero-order chi connectivity index (χ0) is 19.1. The molecule has 0 spiro atoms. The Hall–Kier alpha value is -2.86. The first kappa shape index (κ1) is 18.9. The highest BCUT2D eigenvalue weighted by molar-refractivity contribution is 5.92. The summed E-state index contributed by atoms with van der Waals surface area (Å²) in [4.78, 5) is 25.5. The Bertz CT molecular complexity index is 775. The van der Waals surface area contributed by atoms with Crippen molar-refractivity contribution in [1.82, 2.24) is 5.32 Å². The number of nitrogens with zero attached hydrogens (tertiary/aromatic N) is 1. The highest BCUT2D eigenvalue weighted by atomic mass is 16.2. The van der Waals surface area contributed by atoms with Crippen molar-refractivity contribution in [3.05, 3.63) is 60.2 Å². The lowest BCUT2D eigenvalue weighted by atomic mass is 10.2. The quantitative estimate of drug-likeness (QED) is 0.601. The molecule has 0 saturated heterocycles. The van der Waals surface area contributed by atoms with Crippen LogP contribution in [0.25, 0.3) is 0 Å². The lowest BCUT2D eigenvalue weighted by Crippen LogP contribution is -2.33. The Morgan fingerprint density at radius 3 is 2.56 bits per heavy atom. The summed E-state index contributed by atoms with van der Waals surface area (Å²) in [6, 6.07) is 17.4. The molecule has 0 aromatic heterocycles. The van der Waals surface area contributed by atoms with E-state index in [1.165, 1.54) is 12.8 Å². The summed E-state index contributed by atoms with van der Waals surface area (Å²) in [6.07, 6.45) is 2.52. The van der Waals surface area contributed by atoms with Crippen molar-refractivity contribution in [2.75, 3.05) is 29.9 Å². The van der Waals surface area contributed by atoms with E-state index in [9.17, 15) is 9.59 Å². The molecule has 142 valence electrons. The second-order valence-corrected chi connectivity index (χ2v) is 6.98. The number of nitrogens with two attached hydrogens (primary N) is 1. The molecule has 3 rings (SSSR count). The van der Waals surface area contributed by atoms with Gasteiger partial charge in [0.1, 0.15) is 0 Å². The van der Waals surface area contributed by atoms with Crippen molar-refractivity contribution < 1.29 is 9.59 Å². The molecule has 27 heavy (non-hydrogen) atoms. The molecule has 0 bridgehead atoms. The summed E-state index contributed by atoms with van der Waals surface area (Å²) < 4.78 is 0. The molecule has 2 aromatic carbocycles. The molecule has 0 radical (unpaired) electrons. The summed E-state index contributed by atoms with van der Waals surface area (Å²) in [6.45, 7) is 1.87. The summed E-state index contributed by atoms with van der Waals surface area (Å²) in [7, 11) is 0. The summed E-state index contributed by atoms with van der Waals surface area (Å²) in [5.41, 5.74) is 8.05. The first-order chi connectivity index (χ1) is 13.1. The molecule has 0 aliphatic heterocycles. The van der Waals surface area contributed by atoms with E-state index in [0.29, 0.717) is 18.8 Å². The van der Waals surface area contributed by atoms with Crippen LogP contribution in [0.3, 0.4) is 0 Å². The number of primary amides is 1. The van der Waals surface area contributed by atoms with Gasteiger partial charge in [0.25, 0.3) is 0 Å². The minimum Gasteiger partial charge on any atom is -0.368 e. The average molecular weight is 366 g/mol. The van der Waals surface area contributed by atoms with Gasteiger partial charge < -0.3 is 21.3 Å². The topological polar surface area (TPSA) is 87.5 Å². The van der Waals surface area contributed by atoms with Gasteiger partial charge in [0.15, 0.2) is 0 Å². The number of benzene rings is 2. The largest absolute Gasteiger partial charge is 0.368 e. The summed E-state index contributed by atoms with van der Waals surface area (Å²) >= 11 is 0. The van der Waals surface area contributed by atoms with Gasteiger partial charge in [-0.05, 0) is 49.1 Å². The van der Waals surface area contributed by atoms with Gasteiger partial charge in [-0.1, -0.05) is 36.4 Å². The summed E-state index contributed by atoms with van der Waals surface area (Å²) in [5.74, 6) is 0.267. The van der Waals surface area contributed by atoms with Crippen LogP contribution >= 0.6 is 0 Å². The Labute approximate surface area is 159 Å². The molecule has 0 heterocycles. The van der Waals surface area contributed by atoms with E-state index in [1.807, 2.05) is 59.5 Å². The molecule has 6 heteroatoms. The van der Waals surface area contributed by atoms with Gasteiger partial charge >= 0.3 is 0 Å². The molecule has 1 saturated carbocycles. The Morgan fingerprint density at radius 2 is 1.85 bits per heavy atom. The van der Waals surface area contributed by atoms with Crippen molar-refractivity contribution in [1.29, 1.82) is 0 Å². The molecule has 0 atom stereocenters. The molecule has 2 amide bonds. The molecule has 1 aliphatic rings. The van der Waals surface area contributed by atoms with E-state index in [4.69, 9.17) is 5.73 Å². The van der Waals surface area contributed by atoms with Crippen LogP contribution in [-0.4, -0.2) is 31.4 Å². The second-order valence-electron chi connectivity index (χ2n) is 6.98. The molecule has 6 nitrogen and oxygen atoms in total. The van der Waals surface area contributed by atoms with E-state index in [1.54, 1.807) is 0 Å². The fraction of sp³-hybridized carbons (Fsp3) is 0.333. The Morgan fingerprint density at radius 1 is 1.07 bits per heavy atom. The minimum absolute atomic E-state index is 0.0719. The van der Waals surface area contributed by atoms with Crippen LogP contribution in [-0.2, 0) is 16.1 Å². The number of carbonyl (C=O) groups excluding carboxylic acids is 2. The SMILES string of the molecule is NC(=O)CN(Cc1ccccc1)c1cccc(NC(=O)CNCC2CC2)c1. The molecule has 1 aliphatic carbocycles. The Kier molecular flexibility index (Phi) is 6.44. The van der Waals surface area contributed by atoms with Crippen LogP contribution in [0.1, 0.15) is 18.4 Å². The molecular weight excluding hydrogens is 340 g/mol. The number of hydrogen-bond acceptors (Lipinski definition) is 4. The van der Waals surface area contributed by atoms with Crippen molar-refractivity contribution in [2.24, 2.45) is 11.7 Å². The third kappa shape index (κ3) is 6.42. The normalized spacial score (nSPS) is 13.2. The van der Waals surface area contributed by atoms with Gasteiger partial charge in [-0.25, -0.2) is 0 Å². The molecule has 1 fully saturated rings. The van der Waals surface area contributed by atoms with Crippen LogP contribution in [0.5, 0.6) is 0 Å². The molecule has 2 aromatic rings. The van der Waals surface area contributed by atoms with Gasteiger partial charge in [-0.2, -0.15) is 0 Å². The van der Waals surface area contributed by atoms with Gasteiger partial charge in [-0.3, -0.25) is 9.59 Å². The van der Waals surface area contributed by atoms with Crippen LogP contribution in [0.4, 0.5) is 11.4 Å². The standard InChI is InChI=1S/C21H26N4O2/c22-20(26)15-25(14-17-5-2-1-3-6-17)19-8-4-7-18(11-19)24-21(27)13-23-12-16-9-10-16/h1-8,11,16,23H,9-10,12-15H2,(H2,22,26)(H,24,27). The number of anilines is 2. The van der Waals surface area contributed by atoms with E-state index in [-0.39, 0.29) is 12.5 Å². The van der Waals surface area contributed by atoms with Crippen molar-refractivity contribution in [2.45, 2.75) is 19.4 Å². The van der Waals surface area contributed by atoms with Crippen LogP contribution in [0, 0.1) is 5.92 Å². The fourth-order valence-corrected chi connectivity index (χ4v) is 2.93. The third-order valence-electron chi connectivity index (χ3n) is 4.47. The maximum absolute atomic E-state index is 12.1. The third-order valence-corrected chi connectivity index (χ3v) is 4.47. The number of nitrogens with one attached hydrogen (secondary N) is 2. The number of carbonyl (C=O) groups is 2. The fourth-order valence-electron chi connectivity index (χ4n) is 2.93. The second kappa shape index (κ2) is 9.19. The zero-order valence-corrected chi connectivity index (χ0v) is 15.4. The average Bonchev–Trinajstić information content (AvgIpc) is 3.46. The predicted molar refractivity (Wildman–Crippen MR) is 107 cm³/mol. The highest BCUT2D eigenvalue weighted by Gasteiger charge is 2.20. The molecular formula is C21H26N4O2. The van der Waals surface area contributed by atoms with Crippen LogP contribution < -0.4 is 21.3 Å². The van der Waals surface area contributed by atoms with E-state index in [0.717, 1.165) is 23.7 Å². The van der Waals surface area contributed by atoms with Crippen LogP contribution in [0.2, 0.25) is 0 Å². The first-order valence-electron chi connectivity index (χ1n) is 9.28. The maximum Gasteiger partial charge on any atom is 0.238 e. The monoisotopic (exact) mass is 366 g/mol. The van der Waals surface area contributed by atoms with Gasteiger partial charge in [0.2, 0.25) is 11.8 Å². The van der Waals surface area contributed by atoms with Crippen molar-refractivity contribution in [3.8, 4) is 0 Å². The van der Waals surface area contributed by atoms with E-state index < -0.39 is 5.91 Å². The first-order valence-corrected chi connectivity index (χ1v) is 9.28. The minimum atomic E-state index is -0.398. The zero-order valence-electron chi connectivity index (χ0n) is 15.4. The molecule has 0 unspecified atom stereocenters. The highest BCUT2D eigenvalue weighted by Crippen LogP contribution is 2.27.